The summed E-state index contributed by atoms with van der Waals surface area (Å²) in [5.74, 6) is 2.77. The molecule has 0 spiro atoms. The topological polar surface area (TPSA) is 54.0 Å². The molecule has 0 aromatic heterocycles. The summed E-state index contributed by atoms with van der Waals surface area (Å²) in [5.41, 5.74) is 1.23. The second-order valence-corrected chi connectivity index (χ2v) is 10.4. The first kappa shape index (κ1) is 26.0. The van der Waals surface area contributed by atoms with E-state index in [1.54, 1.807) is 14.2 Å². The Balaban J connectivity index is 2.03. The molecule has 1 aromatic carbocycles. The monoisotopic (exact) mass is 498 g/mol. The molecule has 6 heteroatoms. The number of carbonyl (C=O) groups excluding carboxylic acids is 1. The van der Waals surface area contributed by atoms with Crippen molar-refractivity contribution in [1.82, 2.24) is 0 Å². The van der Waals surface area contributed by atoms with E-state index in [0.29, 0.717) is 31.0 Å². The van der Waals surface area contributed by atoms with Crippen LogP contribution in [-0.2, 0) is 20.7 Å². The van der Waals surface area contributed by atoms with Crippen molar-refractivity contribution in [3.05, 3.63) is 23.8 Å². The minimum atomic E-state index is -0.0454. The highest BCUT2D eigenvalue weighted by Crippen LogP contribution is 2.36. The van der Waals surface area contributed by atoms with Crippen LogP contribution in [0.2, 0.25) is 0 Å². The average molecular weight is 499 g/mol. The molecule has 1 heterocycles. The molecule has 5 nitrogen and oxygen atoms in total. The Kier molecular flexibility index (Phi) is 10.6. The fourth-order valence-corrected chi connectivity index (χ4v) is 4.88. The predicted octanol–water partition coefficient (Wildman–Crippen LogP) is 5.67. The number of halogens is 1. The molecule has 31 heavy (non-hydrogen) atoms. The molecule has 2 rings (SSSR count). The smallest absolute Gasteiger partial charge is 0.309 e. The summed E-state index contributed by atoms with van der Waals surface area (Å²) in [4.78, 5) is 12.4. The van der Waals surface area contributed by atoms with E-state index in [4.69, 9.17) is 18.9 Å². The van der Waals surface area contributed by atoms with Crippen molar-refractivity contribution in [2.24, 2.45) is 23.7 Å². The Morgan fingerprint density at radius 2 is 1.87 bits per heavy atom. The van der Waals surface area contributed by atoms with Gasteiger partial charge in [0.05, 0.1) is 24.5 Å². The Labute approximate surface area is 196 Å². The highest BCUT2D eigenvalue weighted by atomic mass is 79.9. The number of hydrogen-bond donors (Lipinski definition) is 0. The quantitative estimate of drug-likeness (QED) is 0.199. The molecule has 1 fully saturated rings. The first-order valence-corrected chi connectivity index (χ1v) is 12.3. The van der Waals surface area contributed by atoms with Crippen LogP contribution in [-0.4, -0.2) is 44.3 Å². The Morgan fingerprint density at radius 3 is 2.45 bits per heavy atom. The zero-order chi connectivity index (χ0) is 23.0. The number of esters is 1. The molecular weight excluding hydrogens is 460 g/mol. The second-order valence-electron chi connectivity index (χ2n) is 9.20. The maximum absolute atomic E-state index is 12.2. The molecule has 1 unspecified atom stereocenters. The van der Waals surface area contributed by atoms with Crippen LogP contribution in [0.1, 0.15) is 52.5 Å². The van der Waals surface area contributed by atoms with Gasteiger partial charge in [-0.1, -0.05) is 49.7 Å². The number of carbonyl (C=O) groups is 1. The highest BCUT2D eigenvalue weighted by molar-refractivity contribution is 9.09. The van der Waals surface area contributed by atoms with E-state index in [1.807, 2.05) is 6.07 Å². The minimum Gasteiger partial charge on any atom is -0.493 e. The van der Waals surface area contributed by atoms with E-state index in [-0.39, 0.29) is 22.8 Å². The van der Waals surface area contributed by atoms with Crippen molar-refractivity contribution in [3.63, 3.8) is 0 Å². The van der Waals surface area contributed by atoms with Crippen molar-refractivity contribution >= 4 is 21.9 Å². The summed E-state index contributed by atoms with van der Waals surface area (Å²) in [6, 6.07) is 6.19. The molecule has 4 atom stereocenters. The van der Waals surface area contributed by atoms with Crippen LogP contribution in [0.15, 0.2) is 18.2 Å². The van der Waals surface area contributed by atoms with Gasteiger partial charge in [-0.05, 0) is 54.7 Å². The summed E-state index contributed by atoms with van der Waals surface area (Å²) in [6.07, 6.45) is 3.49. The summed E-state index contributed by atoms with van der Waals surface area (Å²) >= 11 is 3.84. The maximum Gasteiger partial charge on any atom is 0.309 e. The number of ether oxygens (including phenoxy) is 4. The third kappa shape index (κ3) is 7.67. The van der Waals surface area contributed by atoms with Crippen LogP contribution in [0.4, 0.5) is 0 Å². The Hall–Kier alpha value is -1.27. The fourth-order valence-electron chi connectivity index (χ4n) is 4.08. The van der Waals surface area contributed by atoms with Crippen molar-refractivity contribution in [2.45, 2.75) is 64.3 Å². The zero-order valence-corrected chi connectivity index (χ0v) is 21.4. The molecule has 1 aliphatic rings. The molecule has 0 saturated carbocycles. The molecular formula is C25H39BrO5. The number of rotatable bonds is 13. The van der Waals surface area contributed by atoms with Crippen LogP contribution >= 0.6 is 15.9 Å². The molecule has 0 amide bonds. The van der Waals surface area contributed by atoms with Gasteiger partial charge in [0, 0.05) is 20.1 Å². The van der Waals surface area contributed by atoms with Gasteiger partial charge in [-0.25, -0.2) is 0 Å². The van der Waals surface area contributed by atoms with Gasteiger partial charge in [-0.3, -0.25) is 4.79 Å². The van der Waals surface area contributed by atoms with Crippen LogP contribution < -0.4 is 9.47 Å². The largest absolute Gasteiger partial charge is 0.493 e. The first-order chi connectivity index (χ1) is 14.8. The van der Waals surface area contributed by atoms with Gasteiger partial charge in [0.2, 0.25) is 0 Å². The van der Waals surface area contributed by atoms with Gasteiger partial charge >= 0.3 is 5.97 Å². The predicted molar refractivity (Wildman–Crippen MR) is 127 cm³/mol. The minimum absolute atomic E-state index is 0.0157. The molecule has 176 valence electrons. The SMILES string of the molecule is COCCCOc1cc(C[C@@H](C[C@@H](Br)C2C[C@@H](C(C)C)C(=O)O2)C(C)C)ccc1OC. The van der Waals surface area contributed by atoms with Gasteiger partial charge in [-0.2, -0.15) is 0 Å². The Morgan fingerprint density at radius 1 is 1.13 bits per heavy atom. The van der Waals surface area contributed by atoms with E-state index in [1.165, 1.54) is 5.56 Å². The summed E-state index contributed by atoms with van der Waals surface area (Å²) in [6.45, 7) is 9.96. The van der Waals surface area contributed by atoms with Gasteiger partial charge in [0.25, 0.3) is 0 Å². The van der Waals surface area contributed by atoms with Crippen LogP contribution in [0.25, 0.3) is 0 Å². The van der Waals surface area contributed by atoms with E-state index < -0.39 is 0 Å². The molecule has 0 aliphatic carbocycles. The van der Waals surface area contributed by atoms with E-state index >= 15 is 0 Å². The van der Waals surface area contributed by atoms with Crippen molar-refractivity contribution in [2.75, 3.05) is 27.4 Å². The Bertz CT molecular complexity index is 690. The standard InChI is InChI=1S/C25H39BrO5/c1-16(2)19(14-21(26)23-15-20(17(3)4)25(27)31-23)12-18-8-9-22(29-6)24(13-18)30-11-7-10-28-5/h8-9,13,16-17,19-21,23H,7,10-12,14-15H2,1-6H3/t19-,20-,21+,23?/m0/s1. The fraction of sp³-hybridized carbons (Fsp3) is 0.720. The number of benzene rings is 1. The number of alkyl halides is 1. The van der Waals surface area contributed by atoms with Gasteiger partial charge in [0.1, 0.15) is 6.10 Å². The lowest BCUT2D eigenvalue weighted by Gasteiger charge is -2.26. The van der Waals surface area contributed by atoms with E-state index in [2.05, 4.69) is 55.8 Å². The number of methoxy groups -OCH3 is 2. The van der Waals surface area contributed by atoms with Crippen LogP contribution in [0.5, 0.6) is 11.5 Å². The maximum atomic E-state index is 12.2. The first-order valence-electron chi connectivity index (χ1n) is 11.4. The van der Waals surface area contributed by atoms with Gasteiger partial charge in [-0.15, -0.1) is 0 Å². The molecule has 0 N–H and O–H groups in total. The van der Waals surface area contributed by atoms with E-state index in [0.717, 1.165) is 37.2 Å². The molecule has 1 aromatic rings. The van der Waals surface area contributed by atoms with E-state index in [9.17, 15) is 4.79 Å². The van der Waals surface area contributed by atoms with Gasteiger partial charge < -0.3 is 18.9 Å². The summed E-state index contributed by atoms with van der Waals surface area (Å²) < 4.78 is 22.2. The summed E-state index contributed by atoms with van der Waals surface area (Å²) in [5, 5.41) is 0. The van der Waals surface area contributed by atoms with Crippen LogP contribution in [0.3, 0.4) is 0 Å². The lowest BCUT2D eigenvalue weighted by molar-refractivity contribution is -0.145. The highest BCUT2D eigenvalue weighted by Gasteiger charge is 2.40. The van der Waals surface area contributed by atoms with Crippen molar-refractivity contribution in [1.29, 1.82) is 0 Å². The number of hydrogen-bond acceptors (Lipinski definition) is 5. The number of cyclic esters (lactones) is 1. The molecule has 1 aliphatic heterocycles. The molecule has 1 saturated heterocycles. The lowest BCUT2D eigenvalue weighted by atomic mass is 9.83. The third-order valence-electron chi connectivity index (χ3n) is 6.21. The second kappa shape index (κ2) is 12.7. The van der Waals surface area contributed by atoms with Crippen molar-refractivity contribution in [3.8, 4) is 11.5 Å². The zero-order valence-electron chi connectivity index (χ0n) is 19.9. The summed E-state index contributed by atoms with van der Waals surface area (Å²) in [7, 11) is 3.36. The van der Waals surface area contributed by atoms with Crippen molar-refractivity contribution < 1.29 is 23.7 Å². The van der Waals surface area contributed by atoms with Gasteiger partial charge in [0.15, 0.2) is 11.5 Å². The average Bonchev–Trinajstić information content (AvgIpc) is 3.13. The normalized spacial score (nSPS) is 20.7. The molecule has 0 bridgehead atoms. The third-order valence-corrected chi connectivity index (χ3v) is 7.18. The lowest BCUT2D eigenvalue weighted by Crippen LogP contribution is -2.26. The molecule has 0 radical (unpaired) electrons. The van der Waals surface area contributed by atoms with Crippen LogP contribution in [0, 0.1) is 23.7 Å².